The number of Topliss-reactive ketones (excluding diaryl/α,β-unsaturated/α-hetero) is 1. The van der Waals surface area contributed by atoms with E-state index >= 15 is 0 Å². The lowest BCUT2D eigenvalue weighted by Gasteiger charge is -2.05. The summed E-state index contributed by atoms with van der Waals surface area (Å²) < 4.78 is 14.5. The van der Waals surface area contributed by atoms with Gasteiger partial charge >= 0.3 is 0 Å². The fraction of sp³-hybridized carbons (Fsp3) is 0.133. The first-order chi connectivity index (χ1) is 9.06. The molecule has 0 aliphatic rings. The molecule has 0 aliphatic heterocycles. The number of carbonyl (C=O) groups excluding carboxylic acids is 1. The van der Waals surface area contributed by atoms with Crippen LogP contribution in [0.3, 0.4) is 0 Å². The Morgan fingerprint density at radius 1 is 1.11 bits per heavy atom. The van der Waals surface area contributed by atoms with Crippen molar-refractivity contribution in [3.63, 3.8) is 0 Å². The molecule has 0 atom stereocenters. The maximum atomic E-state index is 13.6. The smallest absolute Gasteiger partial charge is 0.141 e. The molecule has 0 spiro atoms. The van der Waals surface area contributed by atoms with Crippen molar-refractivity contribution in [3.8, 4) is 0 Å². The van der Waals surface area contributed by atoms with Gasteiger partial charge in [0.25, 0.3) is 0 Å². The minimum Gasteiger partial charge on any atom is -0.299 e. The summed E-state index contributed by atoms with van der Waals surface area (Å²) in [5.41, 5.74) is 1.28. The average molecular weight is 342 g/mol. The summed E-state index contributed by atoms with van der Waals surface area (Å²) >= 11 is 9.06. The molecule has 0 radical (unpaired) electrons. The first-order valence-electron chi connectivity index (χ1n) is 5.75. The number of halogens is 3. The number of carbonyl (C=O) groups is 1. The van der Waals surface area contributed by atoms with Gasteiger partial charge < -0.3 is 0 Å². The Kier molecular flexibility index (Phi) is 4.72. The molecule has 2 rings (SSSR count). The molecule has 0 unspecified atom stereocenters. The van der Waals surface area contributed by atoms with Crippen molar-refractivity contribution in [1.29, 1.82) is 0 Å². The van der Waals surface area contributed by atoms with E-state index in [1.165, 1.54) is 6.07 Å². The Morgan fingerprint density at radius 2 is 1.79 bits per heavy atom. The summed E-state index contributed by atoms with van der Waals surface area (Å²) in [6, 6.07) is 11.9. The standard InChI is InChI=1S/C15H11BrClFO/c16-14-4-2-1-3-10(14)7-13(19)8-11-5-6-12(17)9-15(11)18/h1-6,9H,7-8H2. The van der Waals surface area contributed by atoms with Crippen molar-refractivity contribution in [2.45, 2.75) is 12.8 Å². The maximum Gasteiger partial charge on any atom is 0.141 e. The predicted octanol–water partition coefficient (Wildman–Crippen LogP) is 4.60. The van der Waals surface area contributed by atoms with Gasteiger partial charge in [-0.3, -0.25) is 4.79 Å². The van der Waals surface area contributed by atoms with Crippen molar-refractivity contribution in [2.75, 3.05) is 0 Å². The number of benzene rings is 2. The van der Waals surface area contributed by atoms with E-state index < -0.39 is 5.82 Å². The fourth-order valence-electron chi connectivity index (χ4n) is 1.79. The zero-order chi connectivity index (χ0) is 13.8. The molecule has 19 heavy (non-hydrogen) atoms. The molecule has 0 heterocycles. The zero-order valence-corrected chi connectivity index (χ0v) is 12.3. The van der Waals surface area contributed by atoms with Gasteiger partial charge in [-0.25, -0.2) is 4.39 Å². The molecule has 0 saturated carbocycles. The molecule has 0 amide bonds. The van der Waals surface area contributed by atoms with Crippen molar-refractivity contribution in [1.82, 2.24) is 0 Å². The molecule has 0 fully saturated rings. The summed E-state index contributed by atoms with van der Waals surface area (Å²) in [4.78, 5) is 12.0. The molecular formula is C15H11BrClFO. The third-order valence-corrected chi connectivity index (χ3v) is 3.76. The third-order valence-electron chi connectivity index (χ3n) is 2.75. The lowest BCUT2D eigenvalue weighted by molar-refractivity contribution is -0.117. The summed E-state index contributed by atoms with van der Waals surface area (Å²) in [6.45, 7) is 0. The topological polar surface area (TPSA) is 17.1 Å². The zero-order valence-electron chi connectivity index (χ0n) is 10.00. The van der Waals surface area contributed by atoms with E-state index in [9.17, 15) is 9.18 Å². The van der Waals surface area contributed by atoms with Crippen molar-refractivity contribution in [3.05, 3.63) is 68.9 Å². The third kappa shape index (κ3) is 3.88. The van der Waals surface area contributed by atoms with Gasteiger partial charge in [0.15, 0.2) is 0 Å². The monoisotopic (exact) mass is 340 g/mol. The van der Waals surface area contributed by atoms with Gasteiger partial charge in [-0.05, 0) is 29.3 Å². The van der Waals surface area contributed by atoms with Gasteiger partial charge in [0.1, 0.15) is 11.6 Å². The molecule has 0 bridgehead atoms. The molecule has 0 N–H and O–H groups in total. The molecular weight excluding hydrogens is 331 g/mol. The molecule has 0 aliphatic carbocycles. The average Bonchev–Trinajstić information content (AvgIpc) is 2.36. The highest BCUT2D eigenvalue weighted by atomic mass is 79.9. The van der Waals surface area contributed by atoms with E-state index in [4.69, 9.17) is 11.6 Å². The van der Waals surface area contributed by atoms with Crippen molar-refractivity contribution < 1.29 is 9.18 Å². The van der Waals surface area contributed by atoms with E-state index in [-0.39, 0.29) is 18.6 Å². The molecule has 0 saturated heterocycles. The number of ketones is 1. The van der Waals surface area contributed by atoms with Crippen LogP contribution in [0.1, 0.15) is 11.1 Å². The maximum absolute atomic E-state index is 13.6. The predicted molar refractivity (Wildman–Crippen MR) is 78.0 cm³/mol. The van der Waals surface area contributed by atoms with Gasteiger partial charge in [-0.1, -0.05) is 51.8 Å². The van der Waals surface area contributed by atoms with E-state index in [1.54, 1.807) is 12.1 Å². The minimum absolute atomic E-state index is 0.0341. The molecule has 4 heteroatoms. The number of hydrogen-bond donors (Lipinski definition) is 0. The fourth-order valence-corrected chi connectivity index (χ4v) is 2.38. The number of rotatable bonds is 4. The van der Waals surface area contributed by atoms with Crippen molar-refractivity contribution >= 4 is 33.3 Å². The van der Waals surface area contributed by atoms with Crippen LogP contribution in [-0.4, -0.2) is 5.78 Å². The van der Waals surface area contributed by atoms with E-state index in [2.05, 4.69) is 15.9 Å². The highest BCUT2D eigenvalue weighted by Crippen LogP contribution is 2.19. The molecule has 98 valence electrons. The van der Waals surface area contributed by atoms with Crippen molar-refractivity contribution in [2.24, 2.45) is 0 Å². The van der Waals surface area contributed by atoms with Crippen LogP contribution in [0, 0.1) is 5.82 Å². The normalized spacial score (nSPS) is 10.5. The molecule has 2 aromatic rings. The Bertz CT molecular complexity index is 613. The Balaban J connectivity index is 2.08. The Labute approximate surface area is 124 Å². The van der Waals surface area contributed by atoms with Crippen LogP contribution in [0.2, 0.25) is 5.02 Å². The van der Waals surface area contributed by atoms with Crippen LogP contribution in [0.15, 0.2) is 46.9 Å². The van der Waals surface area contributed by atoms with Crippen LogP contribution in [0.25, 0.3) is 0 Å². The van der Waals surface area contributed by atoms with Gasteiger partial charge in [-0.15, -0.1) is 0 Å². The highest BCUT2D eigenvalue weighted by molar-refractivity contribution is 9.10. The second-order valence-corrected chi connectivity index (χ2v) is 5.51. The van der Waals surface area contributed by atoms with Crippen LogP contribution in [0.5, 0.6) is 0 Å². The van der Waals surface area contributed by atoms with Crippen LogP contribution in [-0.2, 0) is 17.6 Å². The highest BCUT2D eigenvalue weighted by Gasteiger charge is 2.11. The summed E-state index contributed by atoms with van der Waals surface area (Å²) in [5, 5.41) is 0.333. The first-order valence-corrected chi connectivity index (χ1v) is 6.92. The first kappa shape index (κ1) is 14.2. The number of hydrogen-bond acceptors (Lipinski definition) is 1. The lowest BCUT2D eigenvalue weighted by Crippen LogP contribution is -2.08. The summed E-state index contributed by atoms with van der Waals surface area (Å²) in [6.07, 6.45) is 0.355. The van der Waals surface area contributed by atoms with Gasteiger partial charge in [-0.2, -0.15) is 0 Å². The van der Waals surface area contributed by atoms with Gasteiger partial charge in [0.2, 0.25) is 0 Å². The second kappa shape index (κ2) is 6.31. The van der Waals surface area contributed by atoms with E-state index in [0.717, 1.165) is 10.0 Å². The molecule has 0 aromatic heterocycles. The van der Waals surface area contributed by atoms with Crippen LogP contribution in [0.4, 0.5) is 4.39 Å². The lowest BCUT2D eigenvalue weighted by atomic mass is 10.0. The summed E-state index contributed by atoms with van der Waals surface area (Å²) in [5.74, 6) is -0.471. The van der Waals surface area contributed by atoms with Gasteiger partial charge in [0.05, 0.1) is 0 Å². The SMILES string of the molecule is O=C(Cc1ccc(Cl)cc1F)Cc1ccccc1Br. The van der Waals surface area contributed by atoms with E-state index in [1.807, 2.05) is 24.3 Å². The molecule has 1 nitrogen and oxygen atoms in total. The van der Waals surface area contributed by atoms with Crippen LogP contribution < -0.4 is 0 Å². The summed E-state index contributed by atoms with van der Waals surface area (Å²) in [7, 11) is 0. The van der Waals surface area contributed by atoms with Gasteiger partial charge in [0, 0.05) is 22.3 Å². The second-order valence-electron chi connectivity index (χ2n) is 4.22. The Hall–Kier alpha value is -1.19. The van der Waals surface area contributed by atoms with Crippen LogP contribution >= 0.6 is 27.5 Å². The minimum atomic E-state index is -0.437. The quantitative estimate of drug-likeness (QED) is 0.794. The largest absolute Gasteiger partial charge is 0.299 e. The Morgan fingerprint density at radius 3 is 2.47 bits per heavy atom. The van der Waals surface area contributed by atoms with E-state index in [0.29, 0.717) is 10.6 Å². The molecule has 2 aromatic carbocycles.